The number of nitrogens with zero attached hydrogens (tertiary/aromatic N) is 1. The fraction of sp³-hybridized carbons (Fsp3) is 0.483. The largest absolute Gasteiger partial charge is 0.394 e. The molecule has 1 aliphatic heterocycles. The summed E-state index contributed by atoms with van der Waals surface area (Å²) in [7, 11) is 1.58. The number of likely N-dealkylation sites (tertiary alicyclic amines) is 1. The second kappa shape index (κ2) is 10.8. The van der Waals surface area contributed by atoms with Crippen LogP contribution in [0.2, 0.25) is 0 Å². The van der Waals surface area contributed by atoms with E-state index in [-0.39, 0.29) is 36.2 Å². The fourth-order valence-electron chi connectivity index (χ4n) is 6.06. The summed E-state index contributed by atoms with van der Waals surface area (Å²) in [4.78, 5) is 42.4. The third kappa shape index (κ3) is 4.76. The number of aliphatic hydroxyl groups excluding tert-OH is 1. The van der Waals surface area contributed by atoms with Crippen LogP contribution in [0.15, 0.2) is 54.6 Å². The molecule has 3 amide bonds. The van der Waals surface area contributed by atoms with E-state index in [1.54, 1.807) is 11.9 Å². The van der Waals surface area contributed by atoms with Crippen molar-refractivity contribution in [2.24, 2.45) is 29.6 Å². The van der Waals surface area contributed by atoms with E-state index in [2.05, 4.69) is 10.6 Å². The Kier molecular flexibility index (Phi) is 7.79. The van der Waals surface area contributed by atoms with Crippen LogP contribution in [-0.2, 0) is 14.4 Å². The third-order valence-corrected chi connectivity index (χ3v) is 7.70. The molecule has 0 saturated carbocycles. The van der Waals surface area contributed by atoms with Crippen LogP contribution >= 0.6 is 0 Å². The Balaban J connectivity index is 1.73. The Morgan fingerprint density at radius 3 is 2.42 bits per heavy atom. The molecule has 3 N–H and O–H groups in total. The molecule has 7 nitrogen and oxygen atoms in total. The summed E-state index contributed by atoms with van der Waals surface area (Å²) in [6, 6.07) is 12.3. The Hall–Kier alpha value is -3.19. The van der Waals surface area contributed by atoms with Gasteiger partial charge < -0.3 is 20.6 Å². The Bertz CT molecular complexity index is 1160. The van der Waals surface area contributed by atoms with Crippen LogP contribution in [0.1, 0.15) is 33.6 Å². The first-order chi connectivity index (χ1) is 17.3. The highest BCUT2D eigenvalue weighted by Crippen LogP contribution is 2.46. The average Bonchev–Trinajstić information content (AvgIpc) is 3.18. The molecule has 2 aromatic carbocycles. The molecule has 7 heteroatoms. The number of anilines is 1. The van der Waals surface area contributed by atoms with Crippen LogP contribution in [0, 0.1) is 29.6 Å². The number of hydrogen-bond acceptors (Lipinski definition) is 4. The number of hydrogen-bond donors (Lipinski definition) is 3. The van der Waals surface area contributed by atoms with Crippen LogP contribution in [-0.4, -0.2) is 53.5 Å². The van der Waals surface area contributed by atoms with Crippen molar-refractivity contribution in [3.05, 3.63) is 54.6 Å². The van der Waals surface area contributed by atoms with E-state index in [9.17, 15) is 19.5 Å². The maximum atomic E-state index is 14.0. The molecule has 192 valence electrons. The monoisotopic (exact) mass is 491 g/mol. The van der Waals surface area contributed by atoms with Gasteiger partial charge in [0.2, 0.25) is 17.7 Å². The first-order valence-corrected chi connectivity index (χ1v) is 12.9. The highest BCUT2D eigenvalue weighted by Gasteiger charge is 2.58. The molecular weight excluding hydrogens is 454 g/mol. The predicted octanol–water partition coefficient (Wildman–Crippen LogP) is 3.59. The standard InChI is InChI=1S/C29H37N3O4/c1-5-18-11-13-23-25(24(18)27(34)30-4)29(36)32(22(16-33)14-17(2)3)26(23)28(35)31-21-12-10-19-8-6-7-9-20(19)15-21/h6-13,15,17-18,22-26,33H,5,14,16H2,1-4H3,(H,30,34)(H,31,35)/t18-,22-,23+,24-,25-,26+/m1/s1. The predicted molar refractivity (Wildman–Crippen MR) is 141 cm³/mol. The Morgan fingerprint density at radius 1 is 1.06 bits per heavy atom. The molecule has 0 aromatic heterocycles. The number of carbonyl (C=O) groups excluding carboxylic acids is 3. The zero-order valence-electron chi connectivity index (χ0n) is 21.5. The normalized spacial score (nSPS) is 26.2. The van der Waals surface area contributed by atoms with Gasteiger partial charge in [-0.25, -0.2) is 0 Å². The number of aliphatic hydroxyl groups is 1. The molecular formula is C29H37N3O4. The van der Waals surface area contributed by atoms with Crippen LogP contribution in [0.3, 0.4) is 0 Å². The van der Waals surface area contributed by atoms with Crippen molar-refractivity contribution in [1.82, 2.24) is 10.2 Å². The van der Waals surface area contributed by atoms with E-state index >= 15 is 0 Å². The van der Waals surface area contributed by atoms with Crippen molar-refractivity contribution in [1.29, 1.82) is 0 Å². The topological polar surface area (TPSA) is 98.7 Å². The van der Waals surface area contributed by atoms with Gasteiger partial charge in [0.15, 0.2) is 0 Å². The van der Waals surface area contributed by atoms with Gasteiger partial charge in [-0.3, -0.25) is 14.4 Å². The van der Waals surface area contributed by atoms with Gasteiger partial charge in [-0.05, 0) is 47.6 Å². The lowest BCUT2D eigenvalue weighted by atomic mass is 9.69. The zero-order valence-corrected chi connectivity index (χ0v) is 21.5. The van der Waals surface area contributed by atoms with Crippen LogP contribution in [0.5, 0.6) is 0 Å². The number of fused-ring (bicyclic) bond motifs is 2. The van der Waals surface area contributed by atoms with Gasteiger partial charge in [-0.2, -0.15) is 0 Å². The summed E-state index contributed by atoms with van der Waals surface area (Å²) < 4.78 is 0. The summed E-state index contributed by atoms with van der Waals surface area (Å²) in [6.07, 6.45) is 5.22. The first-order valence-electron chi connectivity index (χ1n) is 12.9. The Labute approximate surface area is 212 Å². The minimum Gasteiger partial charge on any atom is -0.394 e. The summed E-state index contributed by atoms with van der Waals surface area (Å²) in [5.74, 6) is -2.24. The van der Waals surface area contributed by atoms with Crippen molar-refractivity contribution in [2.45, 2.75) is 45.7 Å². The lowest BCUT2D eigenvalue weighted by Crippen LogP contribution is -2.51. The van der Waals surface area contributed by atoms with Gasteiger partial charge in [0.1, 0.15) is 6.04 Å². The number of benzene rings is 2. The van der Waals surface area contributed by atoms with E-state index in [0.717, 1.165) is 10.8 Å². The summed E-state index contributed by atoms with van der Waals surface area (Å²) in [5, 5.41) is 18.1. The second-order valence-electron chi connectivity index (χ2n) is 10.4. The smallest absolute Gasteiger partial charge is 0.247 e. The minimum atomic E-state index is -0.814. The summed E-state index contributed by atoms with van der Waals surface area (Å²) >= 11 is 0. The maximum Gasteiger partial charge on any atom is 0.247 e. The molecule has 6 atom stereocenters. The number of allylic oxidation sites excluding steroid dienone is 1. The van der Waals surface area contributed by atoms with Gasteiger partial charge in [-0.15, -0.1) is 0 Å². The molecule has 0 bridgehead atoms. The highest BCUT2D eigenvalue weighted by atomic mass is 16.3. The number of nitrogens with one attached hydrogen (secondary N) is 2. The molecule has 0 radical (unpaired) electrons. The molecule has 2 aliphatic rings. The lowest BCUT2D eigenvalue weighted by molar-refractivity contribution is -0.143. The van der Waals surface area contributed by atoms with Crippen molar-refractivity contribution in [2.75, 3.05) is 19.0 Å². The quantitative estimate of drug-likeness (QED) is 0.492. The van der Waals surface area contributed by atoms with E-state index in [4.69, 9.17) is 0 Å². The lowest BCUT2D eigenvalue weighted by Gasteiger charge is -2.34. The summed E-state index contributed by atoms with van der Waals surface area (Å²) in [5.41, 5.74) is 0.646. The average molecular weight is 492 g/mol. The van der Waals surface area contributed by atoms with Crippen LogP contribution < -0.4 is 10.6 Å². The van der Waals surface area contributed by atoms with E-state index in [1.807, 2.05) is 75.4 Å². The Morgan fingerprint density at radius 2 is 1.78 bits per heavy atom. The van der Waals surface area contributed by atoms with Gasteiger partial charge in [-0.1, -0.05) is 63.3 Å². The molecule has 1 saturated heterocycles. The minimum absolute atomic E-state index is 0.0861. The molecule has 1 heterocycles. The van der Waals surface area contributed by atoms with E-state index in [1.165, 1.54) is 0 Å². The van der Waals surface area contributed by atoms with Crippen molar-refractivity contribution < 1.29 is 19.5 Å². The molecule has 4 rings (SSSR count). The van der Waals surface area contributed by atoms with Gasteiger partial charge in [0.25, 0.3) is 0 Å². The van der Waals surface area contributed by atoms with Crippen LogP contribution in [0.4, 0.5) is 5.69 Å². The first kappa shape index (κ1) is 25.9. The molecule has 1 fully saturated rings. The van der Waals surface area contributed by atoms with Gasteiger partial charge in [0, 0.05) is 18.7 Å². The van der Waals surface area contributed by atoms with Crippen molar-refractivity contribution >= 4 is 34.2 Å². The van der Waals surface area contributed by atoms with Crippen molar-refractivity contribution in [3.63, 3.8) is 0 Å². The fourth-order valence-corrected chi connectivity index (χ4v) is 6.06. The summed E-state index contributed by atoms with van der Waals surface area (Å²) in [6.45, 7) is 5.82. The molecule has 0 unspecified atom stereocenters. The number of carbonyl (C=O) groups is 3. The van der Waals surface area contributed by atoms with E-state index < -0.39 is 29.8 Å². The van der Waals surface area contributed by atoms with Gasteiger partial charge in [0.05, 0.1) is 24.5 Å². The molecule has 0 spiro atoms. The third-order valence-electron chi connectivity index (χ3n) is 7.70. The zero-order chi connectivity index (χ0) is 26.0. The van der Waals surface area contributed by atoms with Crippen molar-refractivity contribution in [3.8, 4) is 0 Å². The van der Waals surface area contributed by atoms with Gasteiger partial charge >= 0.3 is 0 Å². The van der Waals surface area contributed by atoms with E-state index in [0.29, 0.717) is 18.5 Å². The maximum absolute atomic E-state index is 14.0. The number of rotatable bonds is 8. The van der Waals surface area contributed by atoms with Crippen LogP contribution in [0.25, 0.3) is 10.8 Å². The SMILES string of the molecule is CC[C@@H]1C=C[C@H]2[C@@H](C(=O)N([C@@H](CO)CC(C)C)[C@@H]2C(=O)Nc2ccc3ccccc3c2)[C@@H]1C(=O)NC. The molecule has 2 aromatic rings. The molecule has 1 aliphatic carbocycles. The highest BCUT2D eigenvalue weighted by molar-refractivity contribution is 6.03. The molecule has 36 heavy (non-hydrogen) atoms. The number of amides is 3. The second-order valence-corrected chi connectivity index (χ2v) is 10.4.